The van der Waals surface area contributed by atoms with Crippen LogP contribution in [0.2, 0.25) is 0 Å². The Labute approximate surface area is 103 Å². The van der Waals surface area contributed by atoms with E-state index in [0.29, 0.717) is 6.42 Å². The molecular weight excluding hydrogens is 214 g/mol. The number of carbonyl (C=O) groups excluding carboxylic acids is 1. The Morgan fingerprint density at radius 2 is 2.06 bits per heavy atom. The quantitative estimate of drug-likeness (QED) is 0.721. The van der Waals surface area contributed by atoms with Crippen molar-refractivity contribution in [2.45, 2.75) is 51.2 Å². The molecule has 1 heterocycles. The number of amides is 1. The number of rotatable bonds is 2. The minimum Gasteiger partial charge on any atom is -0.312 e. The Bertz CT molecular complexity index is 348. The summed E-state index contributed by atoms with van der Waals surface area (Å²) in [6, 6.07) is 1.54. The molecule has 1 rings (SSSR count). The third kappa shape index (κ3) is 3.47. The predicted octanol–water partition coefficient (Wildman–Crippen LogP) is 0.891. The summed E-state index contributed by atoms with van der Waals surface area (Å²) >= 11 is 0. The molecule has 1 aliphatic rings. The van der Waals surface area contributed by atoms with Crippen molar-refractivity contribution < 1.29 is 4.79 Å². The molecule has 92 valence electrons. The number of nitrogens with one attached hydrogen (secondary N) is 1. The molecule has 4 nitrogen and oxygen atoms in total. The van der Waals surface area contributed by atoms with E-state index in [1.54, 1.807) is 4.90 Å². The molecule has 1 saturated heterocycles. The summed E-state index contributed by atoms with van der Waals surface area (Å²) in [7, 11) is 0. The van der Waals surface area contributed by atoms with E-state index in [1.165, 1.54) is 0 Å². The molecule has 1 aliphatic heterocycles. The van der Waals surface area contributed by atoms with Gasteiger partial charge in [0, 0.05) is 5.54 Å². The second-order valence-electron chi connectivity index (χ2n) is 5.31. The van der Waals surface area contributed by atoms with Crippen LogP contribution in [0.5, 0.6) is 0 Å². The van der Waals surface area contributed by atoms with Gasteiger partial charge >= 0.3 is 0 Å². The number of nitrogens with zero attached hydrogens (tertiary/aromatic N) is 2. The Morgan fingerprint density at radius 3 is 2.53 bits per heavy atom. The summed E-state index contributed by atoms with van der Waals surface area (Å²) in [4.78, 5) is 13.6. The van der Waals surface area contributed by atoms with Gasteiger partial charge in [0.1, 0.15) is 6.04 Å². The fourth-order valence-electron chi connectivity index (χ4n) is 1.88. The van der Waals surface area contributed by atoms with Gasteiger partial charge in [-0.3, -0.25) is 4.79 Å². The SMILES string of the molecule is C#C[C@@H]1CC[C@@H](C#N)N1C(=O)CNC(C)(C)C. The van der Waals surface area contributed by atoms with E-state index >= 15 is 0 Å². The fraction of sp³-hybridized carbons (Fsp3) is 0.692. The van der Waals surface area contributed by atoms with Crippen molar-refractivity contribution in [3.8, 4) is 18.4 Å². The second kappa shape index (κ2) is 5.21. The average Bonchev–Trinajstić information content (AvgIpc) is 2.67. The molecule has 0 bridgehead atoms. The highest BCUT2D eigenvalue weighted by Crippen LogP contribution is 2.23. The molecule has 17 heavy (non-hydrogen) atoms. The van der Waals surface area contributed by atoms with Crippen LogP contribution < -0.4 is 5.32 Å². The lowest BCUT2D eigenvalue weighted by atomic mass is 10.1. The normalized spacial score (nSPS) is 24.2. The zero-order valence-electron chi connectivity index (χ0n) is 10.7. The molecule has 1 amide bonds. The first-order valence-corrected chi connectivity index (χ1v) is 5.81. The first-order chi connectivity index (χ1) is 7.89. The maximum absolute atomic E-state index is 12.0. The summed E-state index contributed by atoms with van der Waals surface area (Å²) in [6.45, 7) is 6.19. The van der Waals surface area contributed by atoms with E-state index in [9.17, 15) is 4.79 Å². The third-order valence-electron chi connectivity index (χ3n) is 2.78. The predicted molar refractivity (Wildman–Crippen MR) is 65.9 cm³/mol. The Kier molecular flexibility index (Phi) is 4.15. The van der Waals surface area contributed by atoms with E-state index in [4.69, 9.17) is 11.7 Å². The van der Waals surface area contributed by atoms with Crippen molar-refractivity contribution in [1.82, 2.24) is 10.2 Å². The Hall–Kier alpha value is -1.52. The third-order valence-corrected chi connectivity index (χ3v) is 2.78. The van der Waals surface area contributed by atoms with Gasteiger partial charge in [0.25, 0.3) is 0 Å². The maximum Gasteiger partial charge on any atom is 0.238 e. The van der Waals surface area contributed by atoms with Crippen LogP contribution in [-0.2, 0) is 4.79 Å². The van der Waals surface area contributed by atoms with Gasteiger partial charge in [0.15, 0.2) is 0 Å². The van der Waals surface area contributed by atoms with Crippen molar-refractivity contribution in [2.24, 2.45) is 0 Å². The van der Waals surface area contributed by atoms with Crippen molar-refractivity contribution in [2.75, 3.05) is 6.54 Å². The van der Waals surface area contributed by atoms with E-state index < -0.39 is 0 Å². The highest BCUT2D eigenvalue weighted by molar-refractivity contribution is 5.80. The second-order valence-corrected chi connectivity index (χ2v) is 5.31. The summed E-state index contributed by atoms with van der Waals surface area (Å²) < 4.78 is 0. The van der Waals surface area contributed by atoms with Crippen LogP contribution in [0, 0.1) is 23.7 Å². The zero-order chi connectivity index (χ0) is 13.1. The number of hydrogen-bond donors (Lipinski definition) is 1. The molecule has 0 aromatic rings. The van der Waals surface area contributed by atoms with Crippen LogP contribution in [0.25, 0.3) is 0 Å². The highest BCUT2D eigenvalue weighted by atomic mass is 16.2. The molecule has 1 N–H and O–H groups in total. The van der Waals surface area contributed by atoms with Gasteiger partial charge in [0.2, 0.25) is 5.91 Å². The van der Waals surface area contributed by atoms with Crippen LogP contribution >= 0.6 is 0 Å². The van der Waals surface area contributed by atoms with Crippen molar-refractivity contribution in [3.63, 3.8) is 0 Å². The van der Waals surface area contributed by atoms with Gasteiger partial charge in [-0.05, 0) is 33.6 Å². The molecule has 0 spiro atoms. The largest absolute Gasteiger partial charge is 0.312 e. The number of nitriles is 1. The topological polar surface area (TPSA) is 56.1 Å². The van der Waals surface area contributed by atoms with Crippen molar-refractivity contribution in [1.29, 1.82) is 5.26 Å². The number of terminal acetylenes is 1. The van der Waals surface area contributed by atoms with E-state index in [-0.39, 0.29) is 30.1 Å². The number of likely N-dealkylation sites (tertiary alicyclic amines) is 1. The van der Waals surface area contributed by atoms with Gasteiger partial charge in [0.05, 0.1) is 18.7 Å². The lowest BCUT2D eigenvalue weighted by Gasteiger charge is -2.27. The van der Waals surface area contributed by atoms with Crippen molar-refractivity contribution >= 4 is 5.91 Å². The zero-order valence-corrected chi connectivity index (χ0v) is 10.7. The standard InChI is InChI=1S/C13H19N3O/c1-5-10-6-7-11(8-14)16(10)12(17)9-15-13(2,3)4/h1,10-11,15H,6-7,9H2,2-4H3/t10-,11+/m1/s1. The van der Waals surface area contributed by atoms with Gasteiger partial charge in [-0.2, -0.15) is 5.26 Å². The van der Waals surface area contributed by atoms with Gasteiger partial charge in [-0.1, -0.05) is 5.92 Å². The Morgan fingerprint density at radius 1 is 1.47 bits per heavy atom. The van der Waals surface area contributed by atoms with Gasteiger partial charge in [-0.25, -0.2) is 0 Å². The van der Waals surface area contributed by atoms with Crippen LogP contribution in [0.3, 0.4) is 0 Å². The van der Waals surface area contributed by atoms with E-state index in [1.807, 2.05) is 20.8 Å². The monoisotopic (exact) mass is 233 g/mol. The molecule has 4 heteroatoms. The van der Waals surface area contributed by atoms with Crippen LogP contribution in [-0.4, -0.2) is 35.0 Å². The summed E-state index contributed by atoms with van der Waals surface area (Å²) in [5, 5.41) is 12.1. The van der Waals surface area contributed by atoms with Crippen LogP contribution in [0.1, 0.15) is 33.6 Å². The molecule has 2 atom stereocenters. The van der Waals surface area contributed by atoms with E-state index in [0.717, 1.165) is 6.42 Å². The molecule has 0 aromatic carbocycles. The number of hydrogen-bond acceptors (Lipinski definition) is 3. The minimum atomic E-state index is -0.370. The first-order valence-electron chi connectivity index (χ1n) is 5.81. The molecule has 0 unspecified atom stereocenters. The van der Waals surface area contributed by atoms with E-state index in [2.05, 4.69) is 17.3 Å². The highest BCUT2D eigenvalue weighted by Gasteiger charge is 2.35. The first kappa shape index (κ1) is 13.5. The van der Waals surface area contributed by atoms with Crippen LogP contribution in [0.15, 0.2) is 0 Å². The summed E-state index contributed by atoms with van der Waals surface area (Å²) in [6.07, 6.45) is 6.78. The molecule has 1 fully saturated rings. The number of carbonyl (C=O) groups is 1. The maximum atomic E-state index is 12.0. The van der Waals surface area contributed by atoms with Gasteiger partial charge < -0.3 is 10.2 Å². The lowest BCUT2D eigenvalue weighted by molar-refractivity contribution is -0.131. The summed E-state index contributed by atoms with van der Waals surface area (Å²) in [5.74, 6) is 2.49. The summed E-state index contributed by atoms with van der Waals surface area (Å²) in [5.41, 5.74) is -0.122. The average molecular weight is 233 g/mol. The smallest absolute Gasteiger partial charge is 0.238 e. The molecule has 0 radical (unpaired) electrons. The minimum absolute atomic E-state index is 0.0908. The molecule has 0 aliphatic carbocycles. The molecular formula is C13H19N3O. The van der Waals surface area contributed by atoms with Crippen LogP contribution in [0.4, 0.5) is 0 Å². The molecule has 0 aromatic heterocycles. The van der Waals surface area contributed by atoms with Crippen molar-refractivity contribution in [3.05, 3.63) is 0 Å². The Balaban J connectivity index is 2.66. The van der Waals surface area contributed by atoms with Gasteiger partial charge in [-0.15, -0.1) is 6.42 Å². The fourth-order valence-corrected chi connectivity index (χ4v) is 1.88. The lowest BCUT2D eigenvalue weighted by Crippen LogP contribution is -2.48. The molecule has 0 saturated carbocycles.